The fraction of sp³-hybridized carbons (Fsp3) is 0.600. The molecule has 0 saturated carbocycles. The van der Waals surface area contributed by atoms with Crippen LogP contribution in [0.4, 0.5) is 5.82 Å². The first kappa shape index (κ1) is 10.8. The summed E-state index contributed by atoms with van der Waals surface area (Å²) >= 11 is 0. The summed E-state index contributed by atoms with van der Waals surface area (Å²) in [6.07, 6.45) is 1.66. The van der Waals surface area contributed by atoms with Crippen molar-refractivity contribution in [2.24, 2.45) is 0 Å². The highest BCUT2D eigenvalue weighted by Gasteiger charge is 2.14. The standard InChI is InChI=1S/C10H17N3O/c1-7(2)12-9-5-6-11-10(14)13(9)8(3)4/h5-8H,1-4H3,(H,11,12,14)/p+1. The van der Waals surface area contributed by atoms with Crippen LogP contribution in [-0.2, 0) is 0 Å². The highest BCUT2D eigenvalue weighted by atomic mass is 16.1. The maximum Gasteiger partial charge on any atom is 0.441 e. The lowest BCUT2D eigenvalue weighted by Gasteiger charge is -2.11. The van der Waals surface area contributed by atoms with Crippen LogP contribution in [0, 0.1) is 0 Å². The molecule has 0 atom stereocenters. The Labute approximate surface area is 84.0 Å². The van der Waals surface area contributed by atoms with E-state index in [1.807, 2.05) is 33.8 Å². The van der Waals surface area contributed by atoms with Crippen LogP contribution in [0.2, 0.25) is 0 Å². The van der Waals surface area contributed by atoms with Crippen LogP contribution in [0.5, 0.6) is 0 Å². The van der Waals surface area contributed by atoms with E-state index in [0.717, 1.165) is 5.82 Å². The van der Waals surface area contributed by atoms with E-state index in [1.54, 1.807) is 10.8 Å². The second kappa shape index (κ2) is 4.26. The zero-order valence-corrected chi connectivity index (χ0v) is 9.16. The van der Waals surface area contributed by atoms with E-state index in [4.69, 9.17) is 0 Å². The minimum atomic E-state index is -0.0781. The van der Waals surface area contributed by atoms with Crippen molar-refractivity contribution in [2.45, 2.75) is 39.8 Å². The van der Waals surface area contributed by atoms with Crippen LogP contribution < -0.4 is 15.6 Å². The molecule has 0 spiro atoms. The Morgan fingerprint density at radius 1 is 1.36 bits per heavy atom. The predicted octanol–water partition coefficient (Wildman–Crippen LogP) is 1.06. The first-order valence-electron chi connectivity index (χ1n) is 4.92. The Hall–Kier alpha value is -1.32. The molecule has 0 aliphatic rings. The number of aromatic amines is 1. The Balaban J connectivity index is 3.15. The number of nitrogens with one attached hydrogen (secondary N) is 2. The third kappa shape index (κ3) is 2.34. The van der Waals surface area contributed by atoms with E-state index < -0.39 is 0 Å². The van der Waals surface area contributed by atoms with Gasteiger partial charge in [-0.2, -0.15) is 4.57 Å². The van der Waals surface area contributed by atoms with Crippen LogP contribution in [0.25, 0.3) is 0 Å². The molecule has 1 aromatic rings. The van der Waals surface area contributed by atoms with Crippen LogP contribution in [0.3, 0.4) is 0 Å². The van der Waals surface area contributed by atoms with Crippen molar-refractivity contribution in [3.8, 4) is 0 Å². The molecular formula is C10H18N3O+. The van der Waals surface area contributed by atoms with Gasteiger partial charge in [-0.3, -0.25) is 0 Å². The maximum atomic E-state index is 11.5. The van der Waals surface area contributed by atoms with Crippen molar-refractivity contribution in [1.29, 1.82) is 0 Å². The molecule has 14 heavy (non-hydrogen) atoms. The molecule has 78 valence electrons. The van der Waals surface area contributed by atoms with Gasteiger partial charge >= 0.3 is 5.69 Å². The fourth-order valence-electron chi connectivity index (χ4n) is 1.38. The Kier molecular flexibility index (Phi) is 3.28. The molecule has 0 aromatic carbocycles. The van der Waals surface area contributed by atoms with Gasteiger partial charge in [0.25, 0.3) is 0 Å². The predicted molar refractivity (Wildman–Crippen MR) is 56.4 cm³/mol. The molecule has 0 amide bonds. The summed E-state index contributed by atoms with van der Waals surface area (Å²) in [6, 6.07) is 2.35. The normalized spacial score (nSPS) is 11.0. The molecule has 1 aromatic heterocycles. The number of nitrogens with zero attached hydrogens (tertiary/aromatic N) is 1. The van der Waals surface area contributed by atoms with Gasteiger partial charge in [-0.1, -0.05) is 0 Å². The maximum absolute atomic E-state index is 11.5. The molecule has 0 unspecified atom stereocenters. The van der Waals surface area contributed by atoms with Crippen molar-refractivity contribution in [3.63, 3.8) is 0 Å². The molecule has 2 N–H and O–H groups in total. The van der Waals surface area contributed by atoms with Gasteiger partial charge in [-0.15, -0.1) is 0 Å². The summed E-state index contributed by atoms with van der Waals surface area (Å²) in [4.78, 5) is 14.2. The summed E-state index contributed by atoms with van der Waals surface area (Å²) < 4.78 is 1.71. The number of aromatic nitrogens is 2. The highest BCUT2D eigenvalue weighted by molar-refractivity contribution is 5.26. The van der Waals surface area contributed by atoms with Gasteiger partial charge in [0, 0.05) is 6.07 Å². The molecule has 0 radical (unpaired) electrons. The van der Waals surface area contributed by atoms with Gasteiger partial charge < -0.3 is 5.32 Å². The first-order chi connectivity index (χ1) is 6.52. The average Bonchev–Trinajstić information content (AvgIpc) is 2.01. The molecule has 4 nitrogen and oxygen atoms in total. The van der Waals surface area contributed by atoms with Gasteiger partial charge in [-0.25, -0.2) is 9.78 Å². The lowest BCUT2D eigenvalue weighted by Crippen LogP contribution is -2.54. The number of H-pyrrole nitrogens is 1. The second-order valence-corrected chi connectivity index (χ2v) is 3.93. The van der Waals surface area contributed by atoms with Crippen LogP contribution in [0.15, 0.2) is 17.1 Å². The highest BCUT2D eigenvalue weighted by Crippen LogP contribution is 2.01. The van der Waals surface area contributed by atoms with Crippen LogP contribution in [-0.4, -0.2) is 11.0 Å². The minimum Gasteiger partial charge on any atom is -0.303 e. The summed E-state index contributed by atoms with van der Waals surface area (Å²) in [6.45, 7) is 8.07. The second-order valence-electron chi connectivity index (χ2n) is 3.93. The quantitative estimate of drug-likeness (QED) is 0.710. The molecule has 0 bridgehead atoms. The minimum absolute atomic E-state index is 0.0781. The molecule has 1 rings (SSSR count). The zero-order chi connectivity index (χ0) is 10.7. The zero-order valence-electron chi connectivity index (χ0n) is 9.16. The lowest BCUT2D eigenvalue weighted by molar-refractivity contribution is -0.719. The van der Waals surface area contributed by atoms with E-state index in [9.17, 15) is 4.79 Å². The molecule has 4 heteroatoms. The van der Waals surface area contributed by atoms with Gasteiger partial charge in [0.1, 0.15) is 0 Å². The summed E-state index contributed by atoms with van der Waals surface area (Å²) in [7, 11) is 0. The van der Waals surface area contributed by atoms with E-state index >= 15 is 0 Å². The Morgan fingerprint density at radius 2 is 2.00 bits per heavy atom. The first-order valence-corrected chi connectivity index (χ1v) is 4.92. The van der Waals surface area contributed by atoms with Crippen molar-refractivity contribution >= 4 is 5.82 Å². The monoisotopic (exact) mass is 196 g/mol. The van der Waals surface area contributed by atoms with E-state index in [0.29, 0.717) is 6.04 Å². The van der Waals surface area contributed by atoms with Gasteiger partial charge in [0.2, 0.25) is 5.82 Å². The Morgan fingerprint density at radius 3 is 2.50 bits per heavy atom. The van der Waals surface area contributed by atoms with Crippen LogP contribution in [0.1, 0.15) is 33.7 Å². The average molecular weight is 196 g/mol. The molecule has 0 saturated heterocycles. The summed E-state index contributed by atoms with van der Waals surface area (Å²) in [5.41, 5.74) is -0.0781. The Bertz CT molecular complexity index is 355. The fourth-order valence-corrected chi connectivity index (χ4v) is 1.38. The van der Waals surface area contributed by atoms with Crippen molar-refractivity contribution < 1.29 is 4.57 Å². The lowest BCUT2D eigenvalue weighted by atomic mass is 10.3. The van der Waals surface area contributed by atoms with Crippen molar-refractivity contribution in [3.05, 3.63) is 22.7 Å². The largest absolute Gasteiger partial charge is 0.441 e. The number of rotatable bonds is 3. The van der Waals surface area contributed by atoms with Gasteiger partial charge in [0.15, 0.2) is 0 Å². The smallest absolute Gasteiger partial charge is 0.303 e. The summed E-state index contributed by atoms with van der Waals surface area (Å²) in [5, 5.41) is 3.24. The molecule has 0 aliphatic carbocycles. The van der Waals surface area contributed by atoms with Crippen molar-refractivity contribution in [1.82, 2.24) is 4.98 Å². The van der Waals surface area contributed by atoms with Crippen molar-refractivity contribution in [2.75, 3.05) is 5.32 Å². The van der Waals surface area contributed by atoms with E-state index in [1.165, 1.54) is 0 Å². The number of hydrogen-bond acceptors (Lipinski definition) is 2. The molecular weight excluding hydrogens is 178 g/mol. The summed E-state index contributed by atoms with van der Waals surface area (Å²) in [5.74, 6) is 0.860. The van der Waals surface area contributed by atoms with Gasteiger partial charge in [0.05, 0.1) is 18.3 Å². The van der Waals surface area contributed by atoms with Gasteiger partial charge in [-0.05, 0) is 27.7 Å². The topological polar surface area (TPSA) is 48.8 Å². The third-order valence-electron chi connectivity index (χ3n) is 1.88. The van der Waals surface area contributed by atoms with E-state index in [-0.39, 0.29) is 11.7 Å². The SMILES string of the molecule is CC(C)Nc1cc[nH]c(=O)[n+]1C(C)C. The third-order valence-corrected chi connectivity index (χ3v) is 1.88. The van der Waals surface area contributed by atoms with E-state index in [2.05, 4.69) is 10.3 Å². The molecule has 0 aliphatic heterocycles. The van der Waals surface area contributed by atoms with Crippen LogP contribution >= 0.6 is 0 Å². The number of anilines is 1. The molecule has 0 fully saturated rings. The number of hydrogen-bond donors (Lipinski definition) is 2. The molecule has 1 heterocycles.